The fourth-order valence-electron chi connectivity index (χ4n) is 2.60. The Morgan fingerprint density at radius 3 is 2.77 bits per heavy atom. The lowest BCUT2D eigenvalue weighted by Crippen LogP contribution is -2.17. The van der Waals surface area contributed by atoms with Crippen LogP contribution < -0.4 is 5.32 Å². The lowest BCUT2D eigenvalue weighted by molar-refractivity contribution is -0.116. The molecule has 0 radical (unpaired) electrons. The van der Waals surface area contributed by atoms with Gasteiger partial charge in [-0.3, -0.25) is 14.2 Å². The van der Waals surface area contributed by atoms with Gasteiger partial charge in [-0.15, -0.1) is 0 Å². The number of carboxylic acids is 1. The number of carboxylic acid groups (broad SMARTS) is 1. The average Bonchev–Trinajstić information content (AvgIpc) is 3.24. The van der Waals surface area contributed by atoms with Crippen molar-refractivity contribution in [2.24, 2.45) is 0 Å². The number of carbonyl (C=O) groups excluding carboxylic acids is 1. The van der Waals surface area contributed by atoms with Crippen LogP contribution in [0.25, 0.3) is 0 Å². The number of rotatable bonds is 7. The minimum absolute atomic E-state index is 0.0591. The number of aromatic carboxylic acids is 1. The van der Waals surface area contributed by atoms with Crippen molar-refractivity contribution in [2.45, 2.75) is 26.4 Å². The van der Waals surface area contributed by atoms with Crippen LogP contribution in [-0.4, -0.2) is 36.5 Å². The molecule has 0 spiro atoms. The molecule has 0 saturated heterocycles. The standard InChI is InChI=1S/C18H19N5O3/c1-13-4-2-3-5-14(13)11-22-12-15(10-20-22)21-17(24)7-9-23-16(18(25)26)6-8-19-23/h2-6,8,10,12H,7,9,11H2,1H3,(H,21,24)(H,25,26). The molecule has 26 heavy (non-hydrogen) atoms. The van der Waals surface area contributed by atoms with Gasteiger partial charge in [0, 0.05) is 18.8 Å². The van der Waals surface area contributed by atoms with Crippen LogP contribution in [0.5, 0.6) is 0 Å². The van der Waals surface area contributed by atoms with Crippen LogP contribution in [0.3, 0.4) is 0 Å². The topological polar surface area (TPSA) is 102 Å². The molecule has 0 atom stereocenters. The van der Waals surface area contributed by atoms with Crippen molar-refractivity contribution < 1.29 is 14.7 Å². The van der Waals surface area contributed by atoms with Gasteiger partial charge in [-0.1, -0.05) is 24.3 Å². The van der Waals surface area contributed by atoms with Crippen molar-refractivity contribution in [1.82, 2.24) is 19.6 Å². The van der Waals surface area contributed by atoms with E-state index in [0.29, 0.717) is 12.2 Å². The fourth-order valence-corrected chi connectivity index (χ4v) is 2.60. The van der Waals surface area contributed by atoms with Gasteiger partial charge in [-0.25, -0.2) is 4.79 Å². The largest absolute Gasteiger partial charge is 0.477 e. The van der Waals surface area contributed by atoms with Crippen molar-refractivity contribution >= 4 is 17.6 Å². The Morgan fingerprint density at radius 1 is 1.19 bits per heavy atom. The van der Waals surface area contributed by atoms with E-state index in [4.69, 9.17) is 5.11 Å². The zero-order chi connectivity index (χ0) is 18.5. The third-order valence-corrected chi connectivity index (χ3v) is 4.00. The number of hydrogen-bond donors (Lipinski definition) is 2. The lowest BCUT2D eigenvalue weighted by atomic mass is 10.1. The third kappa shape index (κ3) is 4.15. The molecule has 1 aromatic carbocycles. The lowest BCUT2D eigenvalue weighted by Gasteiger charge is -2.06. The van der Waals surface area contributed by atoms with E-state index in [1.165, 1.54) is 22.5 Å². The molecule has 0 fully saturated rings. The number of nitrogens with zero attached hydrogens (tertiary/aromatic N) is 4. The second kappa shape index (κ2) is 7.64. The molecule has 8 nitrogen and oxygen atoms in total. The quantitative estimate of drug-likeness (QED) is 0.678. The number of benzene rings is 1. The molecule has 134 valence electrons. The predicted octanol–water partition coefficient (Wildman–Crippen LogP) is 2.16. The summed E-state index contributed by atoms with van der Waals surface area (Å²) in [5.74, 6) is -1.30. The molecule has 2 heterocycles. The monoisotopic (exact) mass is 353 g/mol. The third-order valence-electron chi connectivity index (χ3n) is 4.00. The van der Waals surface area contributed by atoms with Gasteiger partial charge >= 0.3 is 5.97 Å². The summed E-state index contributed by atoms with van der Waals surface area (Å²) < 4.78 is 3.05. The van der Waals surface area contributed by atoms with E-state index in [1.54, 1.807) is 17.1 Å². The Labute approximate surface area is 150 Å². The highest BCUT2D eigenvalue weighted by Gasteiger charge is 2.12. The molecule has 2 N–H and O–H groups in total. The highest BCUT2D eigenvalue weighted by Crippen LogP contribution is 2.12. The van der Waals surface area contributed by atoms with Crippen LogP contribution in [-0.2, 0) is 17.9 Å². The highest BCUT2D eigenvalue weighted by molar-refractivity contribution is 5.90. The van der Waals surface area contributed by atoms with E-state index in [9.17, 15) is 9.59 Å². The van der Waals surface area contributed by atoms with E-state index >= 15 is 0 Å². The van der Waals surface area contributed by atoms with Gasteiger partial charge in [-0.05, 0) is 24.1 Å². The maximum absolute atomic E-state index is 12.1. The molecular weight excluding hydrogens is 334 g/mol. The summed E-state index contributed by atoms with van der Waals surface area (Å²) in [4.78, 5) is 23.1. The number of anilines is 1. The van der Waals surface area contributed by atoms with Crippen molar-refractivity contribution in [3.05, 3.63) is 65.7 Å². The molecule has 3 rings (SSSR count). The summed E-state index contributed by atoms with van der Waals surface area (Å²) in [6.07, 6.45) is 4.87. The van der Waals surface area contributed by atoms with Gasteiger partial charge in [0.2, 0.25) is 5.91 Å². The van der Waals surface area contributed by atoms with Gasteiger partial charge in [-0.2, -0.15) is 10.2 Å². The van der Waals surface area contributed by atoms with Crippen LogP contribution in [0.4, 0.5) is 5.69 Å². The van der Waals surface area contributed by atoms with Gasteiger partial charge in [0.1, 0.15) is 5.69 Å². The molecule has 2 aromatic heterocycles. The van der Waals surface area contributed by atoms with Crippen LogP contribution >= 0.6 is 0 Å². The molecular formula is C18H19N5O3. The minimum Gasteiger partial charge on any atom is -0.477 e. The Kier molecular flexibility index (Phi) is 5.12. The first-order valence-corrected chi connectivity index (χ1v) is 8.15. The van der Waals surface area contributed by atoms with Crippen LogP contribution in [0.15, 0.2) is 48.9 Å². The van der Waals surface area contributed by atoms with Crippen LogP contribution in [0, 0.1) is 6.92 Å². The molecule has 0 aliphatic rings. The SMILES string of the molecule is Cc1ccccc1Cn1cc(NC(=O)CCn2nccc2C(=O)O)cn1. The van der Waals surface area contributed by atoms with Crippen LogP contribution in [0.2, 0.25) is 0 Å². The molecule has 0 bridgehead atoms. The Morgan fingerprint density at radius 2 is 2.00 bits per heavy atom. The molecule has 1 amide bonds. The van der Waals surface area contributed by atoms with Gasteiger partial charge < -0.3 is 10.4 Å². The average molecular weight is 353 g/mol. The second-order valence-electron chi connectivity index (χ2n) is 5.90. The number of aryl methyl sites for hydroxylation is 2. The molecule has 0 aliphatic carbocycles. The maximum atomic E-state index is 12.1. The molecule has 3 aromatic rings. The first-order chi connectivity index (χ1) is 12.5. The Balaban J connectivity index is 1.55. The minimum atomic E-state index is -1.07. The number of nitrogens with one attached hydrogen (secondary N) is 1. The van der Waals surface area contributed by atoms with Crippen molar-refractivity contribution in [3.8, 4) is 0 Å². The fraction of sp³-hybridized carbons (Fsp3) is 0.222. The predicted molar refractivity (Wildman–Crippen MR) is 94.9 cm³/mol. The second-order valence-corrected chi connectivity index (χ2v) is 5.90. The summed E-state index contributed by atoms with van der Waals surface area (Å²) in [5.41, 5.74) is 3.00. The van der Waals surface area contributed by atoms with E-state index in [-0.39, 0.29) is 24.6 Å². The number of amides is 1. The Bertz CT molecular complexity index is 928. The summed E-state index contributed by atoms with van der Waals surface area (Å²) in [5, 5.41) is 20.0. The van der Waals surface area contributed by atoms with Gasteiger partial charge in [0.05, 0.1) is 25.0 Å². The van der Waals surface area contributed by atoms with Crippen LogP contribution in [0.1, 0.15) is 28.0 Å². The zero-order valence-corrected chi connectivity index (χ0v) is 14.3. The van der Waals surface area contributed by atoms with Crippen molar-refractivity contribution in [1.29, 1.82) is 0 Å². The summed E-state index contributed by atoms with van der Waals surface area (Å²) in [7, 11) is 0. The summed E-state index contributed by atoms with van der Waals surface area (Å²) in [6.45, 7) is 2.86. The summed E-state index contributed by atoms with van der Waals surface area (Å²) in [6, 6.07) is 9.45. The number of hydrogen-bond acceptors (Lipinski definition) is 4. The van der Waals surface area contributed by atoms with Gasteiger partial charge in [0.25, 0.3) is 0 Å². The van der Waals surface area contributed by atoms with E-state index in [2.05, 4.69) is 15.5 Å². The molecule has 0 unspecified atom stereocenters. The molecule has 8 heteroatoms. The summed E-state index contributed by atoms with van der Waals surface area (Å²) >= 11 is 0. The highest BCUT2D eigenvalue weighted by atomic mass is 16.4. The smallest absolute Gasteiger partial charge is 0.354 e. The van der Waals surface area contributed by atoms with E-state index in [1.807, 2.05) is 31.2 Å². The van der Waals surface area contributed by atoms with Crippen molar-refractivity contribution in [3.63, 3.8) is 0 Å². The number of aromatic nitrogens is 4. The van der Waals surface area contributed by atoms with Gasteiger partial charge in [0.15, 0.2) is 0 Å². The van der Waals surface area contributed by atoms with Crippen molar-refractivity contribution in [2.75, 3.05) is 5.32 Å². The maximum Gasteiger partial charge on any atom is 0.354 e. The normalized spacial score (nSPS) is 10.7. The van der Waals surface area contributed by atoms with E-state index < -0.39 is 5.97 Å². The molecule has 0 saturated carbocycles. The van der Waals surface area contributed by atoms with E-state index in [0.717, 1.165) is 5.56 Å². The zero-order valence-electron chi connectivity index (χ0n) is 14.3. The Hall–Kier alpha value is -3.42. The number of carbonyl (C=O) groups is 2. The first-order valence-electron chi connectivity index (χ1n) is 8.15. The molecule has 0 aliphatic heterocycles. The first kappa shape index (κ1) is 17.4.